The number of benzene rings is 2. The number of amides is 1. The molecule has 2 aromatic carbocycles. The summed E-state index contributed by atoms with van der Waals surface area (Å²) < 4.78 is 28.2. The van der Waals surface area contributed by atoms with Crippen molar-refractivity contribution >= 4 is 39.1 Å². The molecule has 9 heteroatoms. The molecule has 0 aromatic heterocycles. The van der Waals surface area contributed by atoms with E-state index >= 15 is 0 Å². The SMILES string of the molecule is O=C1c2ccccc2C(=O)C1CCCN(C1CCCCNC1=O)S(=O)(=O)c1ccc(Cl)cc1. The van der Waals surface area contributed by atoms with Crippen LogP contribution in [0.4, 0.5) is 0 Å². The molecule has 1 aliphatic carbocycles. The molecule has 33 heavy (non-hydrogen) atoms. The molecule has 7 nitrogen and oxygen atoms in total. The summed E-state index contributed by atoms with van der Waals surface area (Å²) in [6.07, 6.45) is 2.39. The number of nitrogens with zero attached hydrogens (tertiary/aromatic N) is 1. The van der Waals surface area contributed by atoms with Gasteiger partial charge in [0.25, 0.3) is 0 Å². The van der Waals surface area contributed by atoms with Gasteiger partial charge in [-0.25, -0.2) is 8.42 Å². The number of carbonyl (C=O) groups is 3. The normalized spacial score (nSPS) is 19.5. The van der Waals surface area contributed by atoms with Crippen LogP contribution in [-0.4, -0.2) is 49.3 Å². The molecule has 0 bridgehead atoms. The Morgan fingerprint density at radius 1 is 0.939 bits per heavy atom. The van der Waals surface area contributed by atoms with Crippen molar-refractivity contribution in [2.45, 2.75) is 43.0 Å². The van der Waals surface area contributed by atoms with Gasteiger partial charge in [0.05, 0.1) is 10.8 Å². The van der Waals surface area contributed by atoms with E-state index in [1.807, 2.05) is 0 Å². The predicted octanol–water partition coefficient (Wildman–Crippen LogP) is 3.48. The third kappa shape index (κ3) is 4.74. The van der Waals surface area contributed by atoms with Crippen LogP contribution in [0.15, 0.2) is 53.4 Å². The molecule has 1 amide bonds. The number of hydrogen-bond acceptors (Lipinski definition) is 5. The lowest BCUT2D eigenvalue weighted by Crippen LogP contribution is -2.49. The summed E-state index contributed by atoms with van der Waals surface area (Å²) in [6, 6.07) is 11.7. The van der Waals surface area contributed by atoms with E-state index in [1.165, 1.54) is 28.6 Å². The van der Waals surface area contributed by atoms with E-state index < -0.39 is 22.0 Å². The van der Waals surface area contributed by atoms with Crippen molar-refractivity contribution in [1.29, 1.82) is 0 Å². The Hall–Kier alpha value is -2.55. The molecule has 1 saturated heterocycles. The number of ketones is 2. The van der Waals surface area contributed by atoms with Crippen LogP contribution in [0.25, 0.3) is 0 Å². The van der Waals surface area contributed by atoms with E-state index in [0.29, 0.717) is 35.5 Å². The molecule has 2 aliphatic rings. The third-order valence-electron chi connectivity index (χ3n) is 6.24. The van der Waals surface area contributed by atoms with Gasteiger partial charge in [-0.05, 0) is 56.4 Å². The second kappa shape index (κ2) is 9.75. The minimum Gasteiger partial charge on any atom is -0.355 e. The number of halogens is 1. The molecule has 174 valence electrons. The second-order valence-electron chi connectivity index (χ2n) is 8.34. The van der Waals surface area contributed by atoms with Gasteiger partial charge in [0.2, 0.25) is 15.9 Å². The minimum atomic E-state index is -4.00. The Morgan fingerprint density at radius 2 is 1.58 bits per heavy atom. The zero-order valence-corrected chi connectivity index (χ0v) is 19.6. The van der Waals surface area contributed by atoms with E-state index in [9.17, 15) is 22.8 Å². The molecule has 0 spiro atoms. The number of sulfonamides is 1. The molecule has 0 radical (unpaired) electrons. The smallest absolute Gasteiger partial charge is 0.243 e. The second-order valence-corrected chi connectivity index (χ2v) is 10.7. The van der Waals surface area contributed by atoms with Gasteiger partial charge >= 0.3 is 0 Å². The van der Waals surface area contributed by atoms with Gasteiger partial charge in [-0.15, -0.1) is 0 Å². The number of Topliss-reactive ketones (excluding diaryl/α,β-unsaturated/α-hetero) is 2. The largest absolute Gasteiger partial charge is 0.355 e. The highest BCUT2D eigenvalue weighted by molar-refractivity contribution is 7.89. The molecule has 2 aromatic rings. The number of rotatable bonds is 7. The Balaban J connectivity index is 1.55. The van der Waals surface area contributed by atoms with Gasteiger partial charge < -0.3 is 5.32 Å². The van der Waals surface area contributed by atoms with Gasteiger partial charge in [0.15, 0.2) is 11.6 Å². The molecule has 1 heterocycles. The first-order valence-corrected chi connectivity index (χ1v) is 12.8. The monoisotopic (exact) mass is 488 g/mol. The molecule has 0 saturated carbocycles. The highest BCUT2D eigenvalue weighted by Gasteiger charge is 2.39. The first-order chi connectivity index (χ1) is 15.8. The van der Waals surface area contributed by atoms with Crippen LogP contribution in [-0.2, 0) is 14.8 Å². The quantitative estimate of drug-likeness (QED) is 0.601. The van der Waals surface area contributed by atoms with Crippen LogP contribution in [0, 0.1) is 5.92 Å². The summed E-state index contributed by atoms with van der Waals surface area (Å²) in [5.41, 5.74) is 0.836. The van der Waals surface area contributed by atoms with Gasteiger partial charge in [-0.3, -0.25) is 14.4 Å². The minimum absolute atomic E-state index is 0.0243. The maximum atomic E-state index is 13.5. The Kier molecular flexibility index (Phi) is 6.97. The molecule has 1 N–H and O–H groups in total. The lowest BCUT2D eigenvalue weighted by Gasteiger charge is -2.29. The molecule has 1 aliphatic heterocycles. The van der Waals surface area contributed by atoms with Gasteiger partial charge in [-0.2, -0.15) is 4.31 Å². The van der Waals surface area contributed by atoms with Crippen molar-refractivity contribution < 1.29 is 22.8 Å². The van der Waals surface area contributed by atoms with Crippen molar-refractivity contribution in [1.82, 2.24) is 9.62 Å². The maximum absolute atomic E-state index is 13.5. The highest BCUT2D eigenvalue weighted by atomic mass is 35.5. The van der Waals surface area contributed by atoms with Crippen molar-refractivity contribution in [2.24, 2.45) is 5.92 Å². The third-order valence-corrected chi connectivity index (χ3v) is 8.41. The average molecular weight is 489 g/mol. The first-order valence-electron chi connectivity index (χ1n) is 11.0. The molecule has 1 unspecified atom stereocenters. The van der Waals surface area contributed by atoms with Crippen molar-refractivity contribution in [3.8, 4) is 0 Å². The fourth-order valence-electron chi connectivity index (χ4n) is 4.50. The predicted molar refractivity (Wildman–Crippen MR) is 124 cm³/mol. The average Bonchev–Trinajstić information content (AvgIpc) is 2.92. The Bertz CT molecular complexity index is 1140. The van der Waals surface area contributed by atoms with Gasteiger partial charge in [-0.1, -0.05) is 35.9 Å². The van der Waals surface area contributed by atoms with Crippen LogP contribution in [0.5, 0.6) is 0 Å². The van der Waals surface area contributed by atoms with Crippen LogP contribution in [0.2, 0.25) is 5.02 Å². The molecule has 4 rings (SSSR count). The van der Waals surface area contributed by atoms with E-state index in [-0.39, 0.29) is 41.8 Å². The zero-order valence-electron chi connectivity index (χ0n) is 18.0. The van der Waals surface area contributed by atoms with E-state index in [0.717, 1.165) is 6.42 Å². The fourth-order valence-corrected chi connectivity index (χ4v) is 6.29. The number of carbonyl (C=O) groups excluding carboxylic acids is 3. The molecular weight excluding hydrogens is 464 g/mol. The first kappa shape index (κ1) is 23.6. The Labute approximate surface area is 198 Å². The highest BCUT2D eigenvalue weighted by Crippen LogP contribution is 2.31. The van der Waals surface area contributed by atoms with E-state index in [1.54, 1.807) is 24.3 Å². The summed E-state index contributed by atoms with van der Waals surface area (Å²) in [4.78, 5) is 38.2. The number of fused-ring (bicyclic) bond motifs is 1. The summed E-state index contributed by atoms with van der Waals surface area (Å²) >= 11 is 5.92. The zero-order chi connectivity index (χ0) is 23.6. The van der Waals surface area contributed by atoms with Crippen LogP contribution in [0.3, 0.4) is 0 Å². The summed E-state index contributed by atoms with van der Waals surface area (Å²) in [7, 11) is -4.00. The van der Waals surface area contributed by atoms with Crippen LogP contribution < -0.4 is 5.32 Å². The number of hydrogen-bond donors (Lipinski definition) is 1. The topological polar surface area (TPSA) is 101 Å². The molecule has 1 fully saturated rings. The Morgan fingerprint density at radius 3 is 2.21 bits per heavy atom. The van der Waals surface area contributed by atoms with Gasteiger partial charge in [0, 0.05) is 29.2 Å². The number of nitrogens with one attached hydrogen (secondary N) is 1. The maximum Gasteiger partial charge on any atom is 0.243 e. The molecule has 1 atom stereocenters. The van der Waals surface area contributed by atoms with E-state index in [2.05, 4.69) is 5.32 Å². The standard InChI is InChI=1S/C24H25ClN2O5S/c25-16-10-12-17(13-11-16)33(31,32)27(21-9-3-4-14-26-24(21)30)15-5-8-20-22(28)18-6-1-2-7-19(18)23(20)29/h1-2,6-7,10-13,20-21H,3-5,8-9,14-15H2,(H,26,30). The summed E-state index contributed by atoms with van der Waals surface area (Å²) in [5, 5.41) is 3.20. The lowest BCUT2D eigenvalue weighted by molar-refractivity contribution is -0.124. The summed E-state index contributed by atoms with van der Waals surface area (Å²) in [5.74, 6) is -1.60. The van der Waals surface area contributed by atoms with Crippen molar-refractivity contribution in [2.75, 3.05) is 13.1 Å². The van der Waals surface area contributed by atoms with Crippen LogP contribution >= 0.6 is 11.6 Å². The van der Waals surface area contributed by atoms with Crippen LogP contribution in [0.1, 0.15) is 52.8 Å². The van der Waals surface area contributed by atoms with Crippen molar-refractivity contribution in [3.05, 3.63) is 64.7 Å². The molecular formula is C24H25ClN2O5S. The fraction of sp³-hybridized carbons (Fsp3) is 0.375. The van der Waals surface area contributed by atoms with Crippen molar-refractivity contribution in [3.63, 3.8) is 0 Å². The lowest BCUT2D eigenvalue weighted by atomic mass is 9.98. The van der Waals surface area contributed by atoms with Gasteiger partial charge in [0.1, 0.15) is 6.04 Å². The summed E-state index contributed by atoms with van der Waals surface area (Å²) in [6.45, 7) is 0.532. The van der Waals surface area contributed by atoms with E-state index in [4.69, 9.17) is 11.6 Å².